The molecular formula is C13H22N2O5. The summed E-state index contributed by atoms with van der Waals surface area (Å²) in [5.41, 5.74) is -1.03. The molecule has 114 valence electrons. The number of esters is 1. The van der Waals surface area contributed by atoms with Gasteiger partial charge in [0.25, 0.3) is 0 Å². The van der Waals surface area contributed by atoms with Gasteiger partial charge in [-0.2, -0.15) is 0 Å². The number of ether oxygens (including phenoxy) is 1. The molecule has 7 nitrogen and oxygen atoms in total. The van der Waals surface area contributed by atoms with Crippen LogP contribution in [0.1, 0.15) is 20.8 Å². The van der Waals surface area contributed by atoms with Gasteiger partial charge in [0.1, 0.15) is 0 Å². The second-order valence-corrected chi connectivity index (χ2v) is 5.86. The van der Waals surface area contributed by atoms with Crippen LogP contribution >= 0.6 is 0 Å². The highest BCUT2D eigenvalue weighted by Crippen LogP contribution is 2.24. The van der Waals surface area contributed by atoms with Crippen molar-refractivity contribution in [2.45, 2.75) is 20.8 Å². The lowest BCUT2D eigenvalue weighted by molar-refractivity contribution is -0.147. The minimum Gasteiger partial charge on any atom is -0.481 e. The number of hydrogen-bond acceptors (Lipinski definition) is 4. The van der Waals surface area contributed by atoms with Crippen molar-refractivity contribution in [1.82, 2.24) is 10.2 Å². The third-order valence-corrected chi connectivity index (χ3v) is 3.66. The second-order valence-electron chi connectivity index (χ2n) is 5.86. The molecule has 1 fully saturated rings. The molecule has 2 N–H and O–H groups in total. The van der Waals surface area contributed by atoms with Crippen molar-refractivity contribution in [2.75, 3.05) is 26.7 Å². The van der Waals surface area contributed by atoms with Gasteiger partial charge >= 0.3 is 18.0 Å². The number of carboxylic acids is 1. The SMILES string of the molecule is COC(=O)C1CN(C(=O)NCC(C)(C)C(=O)O)CC1C. The highest BCUT2D eigenvalue weighted by atomic mass is 16.5. The Balaban J connectivity index is 2.54. The molecule has 2 atom stereocenters. The fourth-order valence-corrected chi connectivity index (χ4v) is 2.07. The maximum Gasteiger partial charge on any atom is 0.317 e. The van der Waals surface area contributed by atoms with Crippen LogP contribution in [0.15, 0.2) is 0 Å². The molecule has 0 aliphatic carbocycles. The summed E-state index contributed by atoms with van der Waals surface area (Å²) in [6.45, 7) is 5.76. The molecule has 0 aromatic heterocycles. The first-order chi connectivity index (χ1) is 9.19. The van der Waals surface area contributed by atoms with E-state index in [0.29, 0.717) is 13.1 Å². The molecule has 1 heterocycles. The molecule has 1 aliphatic heterocycles. The van der Waals surface area contributed by atoms with Crippen LogP contribution in [0.2, 0.25) is 0 Å². The zero-order valence-electron chi connectivity index (χ0n) is 12.3. The van der Waals surface area contributed by atoms with Crippen LogP contribution in [0.4, 0.5) is 4.79 Å². The van der Waals surface area contributed by atoms with E-state index in [1.165, 1.54) is 12.0 Å². The molecule has 20 heavy (non-hydrogen) atoms. The van der Waals surface area contributed by atoms with Gasteiger partial charge in [-0.05, 0) is 19.8 Å². The summed E-state index contributed by atoms with van der Waals surface area (Å²) in [7, 11) is 1.33. The molecule has 2 amide bonds. The lowest BCUT2D eigenvalue weighted by Crippen LogP contribution is -2.45. The number of methoxy groups -OCH3 is 1. The first-order valence-corrected chi connectivity index (χ1v) is 6.53. The minimum absolute atomic E-state index is 0.0284. The Labute approximate surface area is 118 Å². The van der Waals surface area contributed by atoms with Crippen LogP contribution in [-0.2, 0) is 14.3 Å². The van der Waals surface area contributed by atoms with Gasteiger partial charge in [-0.15, -0.1) is 0 Å². The molecule has 7 heteroatoms. The molecule has 1 rings (SSSR count). The molecular weight excluding hydrogens is 264 g/mol. The van der Waals surface area contributed by atoms with Crippen LogP contribution in [-0.4, -0.2) is 54.7 Å². The summed E-state index contributed by atoms with van der Waals surface area (Å²) < 4.78 is 4.70. The number of hydrogen-bond donors (Lipinski definition) is 2. The number of carbonyl (C=O) groups is 3. The molecule has 1 aliphatic rings. The second kappa shape index (κ2) is 6.11. The van der Waals surface area contributed by atoms with Gasteiger partial charge in [0, 0.05) is 19.6 Å². The van der Waals surface area contributed by atoms with Crippen LogP contribution in [0, 0.1) is 17.3 Å². The van der Waals surface area contributed by atoms with Crippen molar-refractivity contribution in [1.29, 1.82) is 0 Å². The van der Waals surface area contributed by atoms with Gasteiger partial charge in [-0.3, -0.25) is 9.59 Å². The highest BCUT2D eigenvalue weighted by Gasteiger charge is 2.38. The van der Waals surface area contributed by atoms with Crippen LogP contribution in [0.3, 0.4) is 0 Å². The maximum atomic E-state index is 12.0. The summed E-state index contributed by atoms with van der Waals surface area (Å²) in [5, 5.41) is 11.6. The van der Waals surface area contributed by atoms with Gasteiger partial charge in [-0.1, -0.05) is 6.92 Å². The molecule has 2 unspecified atom stereocenters. The lowest BCUT2D eigenvalue weighted by atomic mass is 9.94. The van der Waals surface area contributed by atoms with E-state index in [9.17, 15) is 14.4 Å². The molecule has 1 saturated heterocycles. The molecule has 0 bridgehead atoms. The molecule has 0 saturated carbocycles. The summed E-state index contributed by atoms with van der Waals surface area (Å²) in [4.78, 5) is 36.0. The minimum atomic E-state index is -1.03. The van der Waals surface area contributed by atoms with Crippen molar-refractivity contribution in [2.24, 2.45) is 17.3 Å². The smallest absolute Gasteiger partial charge is 0.317 e. The van der Waals surface area contributed by atoms with Crippen molar-refractivity contribution >= 4 is 18.0 Å². The summed E-state index contributed by atoms with van der Waals surface area (Å²) in [5.74, 6) is -1.59. The fourth-order valence-electron chi connectivity index (χ4n) is 2.07. The number of carbonyl (C=O) groups excluding carboxylic acids is 2. The fraction of sp³-hybridized carbons (Fsp3) is 0.769. The predicted octanol–water partition coefficient (Wildman–Crippen LogP) is 0.548. The van der Waals surface area contributed by atoms with E-state index in [-0.39, 0.29) is 30.4 Å². The van der Waals surface area contributed by atoms with Crippen molar-refractivity contribution in [3.8, 4) is 0 Å². The first-order valence-electron chi connectivity index (χ1n) is 6.53. The van der Waals surface area contributed by atoms with Gasteiger partial charge in [0.15, 0.2) is 0 Å². The van der Waals surface area contributed by atoms with Gasteiger partial charge < -0.3 is 20.1 Å². The number of nitrogens with zero attached hydrogens (tertiary/aromatic N) is 1. The standard InChI is InChI=1S/C13H22N2O5/c1-8-5-15(6-9(8)10(16)20-4)12(19)14-7-13(2,3)11(17)18/h8-9H,5-7H2,1-4H3,(H,14,19)(H,17,18). The third-order valence-electron chi connectivity index (χ3n) is 3.66. The average molecular weight is 286 g/mol. The number of nitrogens with one attached hydrogen (secondary N) is 1. The zero-order valence-corrected chi connectivity index (χ0v) is 12.3. The van der Waals surface area contributed by atoms with E-state index in [2.05, 4.69) is 5.32 Å². The van der Waals surface area contributed by atoms with Crippen molar-refractivity contribution < 1.29 is 24.2 Å². The molecule has 0 radical (unpaired) electrons. The predicted molar refractivity (Wildman–Crippen MR) is 71.1 cm³/mol. The van der Waals surface area contributed by atoms with E-state index in [0.717, 1.165) is 0 Å². The molecule has 0 aromatic carbocycles. The summed E-state index contributed by atoms with van der Waals surface area (Å²) >= 11 is 0. The van der Waals surface area contributed by atoms with E-state index in [1.807, 2.05) is 6.92 Å². The van der Waals surface area contributed by atoms with E-state index in [4.69, 9.17) is 9.84 Å². The number of likely N-dealkylation sites (tertiary alicyclic amines) is 1. The first kappa shape index (κ1) is 16.3. The largest absolute Gasteiger partial charge is 0.481 e. The summed E-state index contributed by atoms with van der Waals surface area (Å²) in [6, 6.07) is -0.349. The van der Waals surface area contributed by atoms with Crippen molar-refractivity contribution in [3.05, 3.63) is 0 Å². The maximum absolute atomic E-state index is 12.0. The molecule has 0 aromatic rings. The average Bonchev–Trinajstić information content (AvgIpc) is 2.77. The van der Waals surface area contributed by atoms with Gasteiger partial charge in [0.2, 0.25) is 0 Å². The Hall–Kier alpha value is -1.79. The Morgan fingerprint density at radius 2 is 1.95 bits per heavy atom. The van der Waals surface area contributed by atoms with Crippen LogP contribution < -0.4 is 5.32 Å². The number of rotatable bonds is 4. The van der Waals surface area contributed by atoms with Crippen LogP contribution in [0.5, 0.6) is 0 Å². The Bertz CT molecular complexity index is 408. The number of urea groups is 1. The quantitative estimate of drug-likeness (QED) is 0.736. The van der Waals surface area contributed by atoms with Gasteiger partial charge in [-0.25, -0.2) is 4.79 Å². The third kappa shape index (κ3) is 3.61. The monoisotopic (exact) mass is 286 g/mol. The Morgan fingerprint density at radius 3 is 2.45 bits per heavy atom. The normalized spacial score (nSPS) is 22.5. The van der Waals surface area contributed by atoms with Crippen LogP contribution in [0.25, 0.3) is 0 Å². The van der Waals surface area contributed by atoms with E-state index >= 15 is 0 Å². The van der Waals surface area contributed by atoms with E-state index in [1.54, 1.807) is 13.8 Å². The van der Waals surface area contributed by atoms with E-state index < -0.39 is 11.4 Å². The Kier molecular flexibility index (Phi) is 4.97. The Morgan fingerprint density at radius 1 is 1.35 bits per heavy atom. The molecule has 0 spiro atoms. The highest BCUT2D eigenvalue weighted by molar-refractivity contribution is 5.79. The lowest BCUT2D eigenvalue weighted by Gasteiger charge is -2.23. The topological polar surface area (TPSA) is 95.9 Å². The summed E-state index contributed by atoms with van der Waals surface area (Å²) in [6.07, 6.45) is 0. The van der Waals surface area contributed by atoms with Crippen molar-refractivity contribution in [3.63, 3.8) is 0 Å². The number of aliphatic carboxylic acids is 1. The zero-order chi connectivity index (χ0) is 15.5. The number of carboxylic acid groups (broad SMARTS) is 1. The number of amides is 2. The van der Waals surface area contributed by atoms with Gasteiger partial charge in [0.05, 0.1) is 18.4 Å².